The van der Waals surface area contributed by atoms with Gasteiger partial charge in [-0.1, -0.05) is 0 Å². The van der Waals surface area contributed by atoms with Crippen molar-refractivity contribution in [3.8, 4) is 0 Å². The number of rotatable bonds is 2. The molecule has 1 rings (SSSR count). The topological polar surface area (TPSA) is 68.4 Å². The molecule has 12 heavy (non-hydrogen) atoms. The van der Waals surface area contributed by atoms with Gasteiger partial charge < -0.3 is 0 Å². The van der Waals surface area contributed by atoms with E-state index in [1.165, 1.54) is 12.3 Å². The molecule has 0 radical (unpaired) electrons. The fourth-order valence-electron chi connectivity index (χ4n) is 0.803. The molecule has 1 aromatic heterocycles. The second-order valence-electron chi connectivity index (χ2n) is 2.27. The van der Waals surface area contributed by atoms with Gasteiger partial charge in [0.15, 0.2) is 0 Å². The number of hydrogen-bond donors (Lipinski definition) is 0. The number of nitrogens with zero attached hydrogens (tertiary/aromatic N) is 3. The molecule has 0 saturated carbocycles. The fraction of sp³-hybridized carbons (Fsp3) is 0.143. The van der Waals surface area contributed by atoms with Crippen LogP contribution in [0.3, 0.4) is 0 Å². The molecule has 0 bridgehead atoms. The molecule has 0 spiro atoms. The summed E-state index contributed by atoms with van der Waals surface area (Å²) in [6.07, 6.45) is 1.51. The number of aliphatic imine (C=N–C) groups is 1. The van der Waals surface area contributed by atoms with Gasteiger partial charge in [-0.05, 0) is 19.2 Å². The van der Waals surface area contributed by atoms with Crippen LogP contribution in [0.15, 0.2) is 17.3 Å². The molecule has 0 aliphatic rings. The first-order valence-corrected chi connectivity index (χ1v) is 3.23. The van der Waals surface area contributed by atoms with Crippen LogP contribution in [0.5, 0.6) is 0 Å². The first-order valence-electron chi connectivity index (χ1n) is 3.23. The Morgan fingerprint density at radius 1 is 1.75 bits per heavy atom. The smallest absolute Gasteiger partial charge is 0.258 e. The van der Waals surface area contributed by atoms with Crippen LogP contribution in [0, 0.1) is 17.0 Å². The van der Waals surface area contributed by atoms with Crippen LogP contribution in [-0.4, -0.2) is 16.6 Å². The number of aryl methyl sites for hydroxylation is 1. The van der Waals surface area contributed by atoms with Gasteiger partial charge in [0.2, 0.25) is 5.82 Å². The minimum atomic E-state index is -0.524. The van der Waals surface area contributed by atoms with Crippen molar-refractivity contribution >= 4 is 18.2 Å². The van der Waals surface area contributed by atoms with E-state index < -0.39 is 4.92 Å². The largest absolute Gasteiger partial charge is 0.313 e. The van der Waals surface area contributed by atoms with Crippen LogP contribution >= 0.6 is 0 Å². The predicted molar refractivity (Wildman–Crippen MR) is 44.8 cm³/mol. The molecule has 62 valence electrons. The van der Waals surface area contributed by atoms with Gasteiger partial charge in [-0.25, -0.2) is 9.98 Å². The Labute approximate surface area is 68.9 Å². The summed E-state index contributed by atoms with van der Waals surface area (Å²) in [4.78, 5) is 17.1. The standard InChI is InChI=1S/C7H7N3O2/c1-5-3-6(10(11)12)7(8-2)9-4-5/h3-4H,2H2,1H3. The summed E-state index contributed by atoms with van der Waals surface area (Å²) >= 11 is 0. The van der Waals surface area contributed by atoms with E-state index in [2.05, 4.69) is 16.7 Å². The zero-order valence-electron chi connectivity index (χ0n) is 6.52. The third-order valence-electron chi connectivity index (χ3n) is 1.33. The van der Waals surface area contributed by atoms with Crippen molar-refractivity contribution in [3.05, 3.63) is 27.9 Å². The maximum atomic E-state index is 10.4. The lowest BCUT2D eigenvalue weighted by Gasteiger charge is -1.95. The molecule has 0 fully saturated rings. The Hall–Kier alpha value is -1.78. The molecule has 0 aromatic carbocycles. The normalized spacial score (nSPS) is 9.42. The molecule has 0 aliphatic carbocycles. The Bertz CT molecular complexity index is 335. The highest BCUT2D eigenvalue weighted by Gasteiger charge is 2.13. The highest BCUT2D eigenvalue weighted by Crippen LogP contribution is 2.24. The van der Waals surface area contributed by atoms with Crippen LogP contribution in [-0.2, 0) is 0 Å². The molecule has 0 N–H and O–H groups in total. The van der Waals surface area contributed by atoms with Crippen LogP contribution in [0.4, 0.5) is 11.5 Å². The number of nitro groups is 1. The SMILES string of the molecule is C=Nc1ncc(C)cc1[N+](=O)[O-]. The lowest BCUT2D eigenvalue weighted by atomic mass is 10.3. The van der Waals surface area contributed by atoms with Crippen molar-refractivity contribution in [3.63, 3.8) is 0 Å². The van der Waals surface area contributed by atoms with Crippen molar-refractivity contribution < 1.29 is 4.92 Å². The molecule has 0 atom stereocenters. The summed E-state index contributed by atoms with van der Waals surface area (Å²) in [6.45, 7) is 4.92. The zero-order valence-corrected chi connectivity index (χ0v) is 6.52. The molecule has 0 saturated heterocycles. The Kier molecular flexibility index (Phi) is 2.14. The monoisotopic (exact) mass is 165 g/mol. The number of hydrogen-bond acceptors (Lipinski definition) is 4. The quantitative estimate of drug-likeness (QED) is 0.380. The van der Waals surface area contributed by atoms with E-state index in [0.717, 1.165) is 5.56 Å². The zero-order chi connectivity index (χ0) is 9.14. The van der Waals surface area contributed by atoms with Crippen molar-refractivity contribution in [2.45, 2.75) is 6.92 Å². The second-order valence-corrected chi connectivity index (χ2v) is 2.27. The van der Waals surface area contributed by atoms with Gasteiger partial charge in [-0.3, -0.25) is 10.1 Å². The van der Waals surface area contributed by atoms with Crippen molar-refractivity contribution in [2.75, 3.05) is 0 Å². The Balaban J connectivity index is 3.30. The van der Waals surface area contributed by atoms with Gasteiger partial charge in [-0.15, -0.1) is 0 Å². The van der Waals surface area contributed by atoms with E-state index in [-0.39, 0.29) is 11.5 Å². The first-order chi connectivity index (χ1) is 5.65. The van der Waals surface area contributed by atoms with E-state index in [1.807, 2.05) is 0 Å². The molecule has 5 heteroatoms. The fourth-order valence-corrected chi connectivity index (χ4v) is 0.803. The Morgan fingerprint density at radius 3 is 2.92 bits per heavy atom. The van der Waals surface area contributed by atoms with Gasteiger partial charge in [0, 0.05) is 12.3 Å². The first kappa shape index (κ1) is 8.32. The maximum absolute atomic E-state index is 10.4. The lowest BCUT2D eigenvalue weighted by Crippen LogP contribution is -1.91. The van der Waals surface area contributed by atoms with E-state index in [0.29, 0.717) is 0 Å². The number of pyridine rings is 1. The summed E-state index contributed by atoms with van der Waals surface area (Å²) < 4.78 is 0. The van der Waals surface area contributed by atoms with Gasteiger partial charge in [0.25, 0.3) is 0 Å². The van der Waals surface area contributed by atoms with E-state index >= 15 is 0 Å². The minimum absolute atomic E-state index is 0.0607. The molecule has 0 aliphatic heterocycles. The van der Waals surface area contributed by atoms with Crippen molar-refractivity contribution in [1.82, 2.24) is 4.98 Å². The average Bonchev–Trinajstić information content (AvgIpc) is 2.04. The van der Waals surface area contributed by atoms with E-state index in [4.69, 9.17) is 0 Å². The molecule has 5 nitrogen and oxygen atoms in total. The molecule has 1 heterocycles. The van der Waals surface area contributed by atoms with Gasteiger partial charge in [0.1, 0.15) is 0 Å². The van der Waals surface area contributed by atoms with E-state index in [9.17, 15) is 10.1 Å². The molecule has 0 unspecified atom stereocenters. The van der Waals surface area contributed by atoms with Crippen molar-refractivity contribution in [1.29, 1.82) is 0 Å². The van der Waals surface area contributed by atoms with Crippen LogP contribution in [0.2, 0.25) is 0 Å². The molecule has 0 amide bonds. The highest BCUT2D eigenvalue weighted by molar-refractivity contribution is 5.55. The Morgan fingerprint density at radius 2 is 2.42 bits per heavy atom. The van der Waals surface area contributed by atoms with Crippen LogP contribution < -0.4 is 0 Å². The minimum Gasteiger partial charge on any atom is -0.258 e. The third-order valence-corrected chi connectivity index (χ3v) is 1.33. The second kappa shape index (κ2) is 3.08. The summed E-state index contributed by atoms with van der Waals surface area (Å²) in [5, 5.41) is 10.4. The third kappa shape index (κ3) is 1.45. The van der Waals surface area contributed by atoms with Crippen LogP contribution in [0.25, 0.3) is 0 Å². The summed E-state index contributed by atoms with van der Waals surface area (Å²) in [6, 6.07) is 1.41. The van der Waals surface area contributed by atoms with Crippen LogP contribution in [0.1, 0.15) is 5.56 Å². The van der Waals surface area contributed by atoms with Gasteiger partial charge in [0.05, 0.1) is 4.92 Å². The lowest BCUT2D eigenvalue weighted by molar-refractivity contribution is -0.384. The maximum Gasteiger partial charge on any atom is 0.313 e. The van der Waals surface area contributed by atoms with Gasteiger partial charge >= 0.3 is 5.69 Å². The summed E-state index contributed by atoms with van der Waals surface area (Å²) in [5.41, 5.74) is 0.624. The molecular weight excluding hydrogens is 158 g/mol. The van der Waals surface area contributed by atoms with Gasteiger partial charge in [-0.2, -0.15) is 0 Å². The van der Waals surface area contributed by atoms with E-state index in [1.54, 1.807) is 6.92 Å². The highest BCUT2D eigenvalue weighted by atomic mass is 16.6. The summed E-state index contributed by atoms with van der Waals surface area (Å²) in [5.74, 6) is 0.0607. The number of aromatic nitrogens is 1. The molecule has 1 aromatic rings. The molecular formula is C7H7N3O2. The summed E-state index contributed by atoms with van der Waals surface area (Å²) in [7, 11) is 0. The average molecular weight is 165 g/mol. The predicted octanol–water partition coefficient (Wildman–Crippen LogP) is 1.63. The van der Waals surface area contributed by atoms with Crippen molar-refractivity contribution in [2.24, 2.45) is 4.99 Å².